The average Bonchev–Trinajstić information content (AvgIpc) is 2.99. The molecule has 1 aromatic heterocycles. The molecule has 0 saturated carbocycles. The van der Waals surface area contributed by atoms with E-state index in [2.05, 4.69) is 9.97 Å². The summed E-state index contributed by atoms with van der Waals surface area (Å²) in [4.78, 5) is 18.8. The lowest BCUT2D eigenvalue weighted by molar-refractivity contribution is -0.142. The number of aromatic carboxylic acids is 1. The van der Waals surface area contributed by atoms with Gasteiger partial charge in [-0.2, -0.15) is 13.2 Å². The highest BCUT2D eigenvalue weighted by atomic mass is 32.2. The Morgan fingerprint density at radius 1 is 1.17 bits per heavy atom. The molecule has 4 nitrogen and oxygen atoms in total. The predicted octanol–water partition coefficient (Wildman–Crippen LogP) is 3.97. The zero-order chi connectivity index (χ0) is 17.3. The lowest BCUT2D eigenvalue weighted by atomic mass is 10.1. The van der Waals surface area contributed by atoms with Crippen LogP contribution < -0.4 is 0 Å². The van der Waals surface area contributed by atoms with Crippen molar-refractivity contribution in [1.82, 2.24) is 9.97 Å². The first-order valence-corrected chi connectivity index (χ1v) is 8.25. The molecule has 1 aliphatic carbocycles. The molecule has 3 rings (SSSR count). The van der Waals surface area contributed by atoms with Crippen molar-refractivity contribution in [1.29, 1.82) is 0 Å². The molecule has 1 aromatic carbocycles. The summed E-state index contributed by atoms with van der Waals surface area (Å²) in [7, 11) is 0. The second-order valence-corrected chi connectivity index (χ2v) is 6.36. The standard InChI is InChI=1S/C16H13F3N2O2S/c17-16(18,19)13-11-2-1-3-12(11)20-15(21-13)24-8-9-4-6-10(7-5-9)14(22)23/h4-7H,1-3,8H2,(H,22,23). The van der Waals surface area contributed by atoms with Gasteiger partial charge in [-0.3, -0.25) is 0 Å². The zero-order valence-corrected chi connectivity index (χ0v) is 13.2. The molecule has 1 heterocycles. The molecule has 0 radical (unpaired) electrons. The molecule has 2 aromatic rings. The van der Waals surface area contributed by atoms with Crippen LogP contribution in [-0.4, -0.2) is 21.0 Å². The van der Waals surface area contributed by atoms with E-state index in [1.54, 1.807) is 12.1 Å². The minimum absolute atomic E-state index is 0.102. The number of carboxylic acid groups (broad SMARTS) is 1. The van der Waals surface area contributed by atoms with Crippen molar-refractivity contribution in [2.75, 3.05) is 0 Å². The number of thioether (sulfide) groups is 1. The number of aromatic nitrogens is 2. The van der Waals surface area contributed by atoms with Crippen LogP contribution in [0.25, 0.3) is 0 Å². The Morgan fingerprint density at radius 2 is 1.88 bits per heavy atom. The number of hydrogen-bond acceptors (Lipinski definition) is 4. The number of alkyl halides is 3. The second kappa shape index (κ2) is 6.43. The van der Waals surface area contributed by atoms with E-state index < -0.39 is 17.8 Å². The highest BCUT2D eigenvalue weighted by Gasteiger charge is 2.38. The van der Waals surface area contributed by atoms with Crippen molar-refractivity contribution in [3.63, 3.8) is 0 Å². The Balaban J connectivity index is 1.79. The average molecular weight is 354 g/mol. The lowest BCUT2D eigenvalue weighted by Gasteiger charge is -2.12. The monoisotopic (exact) mass is 354 g/mol. The summed E-state index contributed by atoms with van der Waals surface area (Å²) in [5, 5.41) is 8.95. The summed E-state index contributed by atoms with van der Waals surface area (Å²) >= 11 is 1.11. The van der Waals surface area contributed by atoms with Gasteiger partial charge in [0.05, 0.1) is 5.56 Å². The third kappa shape index (κ3) is 3.53. The van der Waals surface area contributed by atoms with Crippen molar-refractivity contribution in [2.24, 2.45) is 0 Å². The summed E-state index contributed by atoms with van der Waals surface area (Å²) in [6, 6.07) is 6.19. The summed E-state index contributed by atoms with van der Waals surface area (Å²) in [6.07, 6.45) is -2.90. The fourth-order valence-corrected chi connectivity index (χ4v) is 3.42. The van der Waals surface area contributed by atoms with Crippen LogP contribution >= 0.6 is 11.8 Å². The highest BCUT2D eigenvalue weighted by molar-refractivity contribution is 7.98. The van der Waals surface area contributed by atoms with E-state index >= 15 is 0 Å². The molecule has 0 bridgehead atoms. The van der Waals surface area contributed by atoms with Crippen LogP contribution in [0.4, 0.5) is 13.2 Å². The van der Waals surface area contributed by atoms with Gasteiger partial charge in [-0.15, -0.1) is 0 Å². The fraction of sp³-hybridized carbons (Fsp3) is 0.312. The second-order valence-electron chi connectivity index (χ2n) is 5.42. The normalized spacial score (nSPS) is 13.8. The fourth-order valence-electron chi connectivity index (χ4n) is 2.60. The van der Waals surface area contributed by atoms with Crippen LogP contribution in [-0.2, 0) is 24.8 Å². The van der Waals surface area contributed by atoms with Crippen molar-refractivity contribution in [2.45, 2.75) is 36.3 Å². The van der Waals surface area contributed by atoms with Gasteiger partial charge < -0.3 is 5.11 Å². The number of halogens is 3. The molecule has 24 heavy (non-hydrogen) atoms. The largest absolute Gasteiger partial charge is 0.478 e. The number of carboxylic acids is 1. The molecule has 8 heteroatoms. The smallest absolute Gasteiger partial charge is 0.433 e. The van der Waals surface area contributed by atoms with E-state index in [9.17, 15) is 18.0 Å². The van der Waals surface area contributed by atoms with Crippen LogP contribution in [0, 0.1) is 0 Å². The molecule has 0 unspecified atom stereocenters. The van der Waals surface area contributed by atoms with Gasteiger partial charge in [0.15, 0.2) is 10.9 Å². The van der Waals surface area contributed by atoms with Crippen molar-refractivity contribution in [3.05, 3.63) is 52.3 Å². The molecule has 1 N–H and O–H groups in total. The van der Waals surface area contributed by atoms with E-state index in [0.29, 0.717) is 30.7 Å². The van der Waals surface area contributed by atoms with E-state index in [0.717, 1.165) is 17.3 Å². The maximum atomic E-state index is 13.2. The lowest BCUT2D eigenvalue weighted by Crippen LogP contribution is -2.14. The van der Waals surface area contributed by atoms with Gasteiger partial charge in [-0.25, -0.2) is 14.8 Å². The first kappa shape index (κ1) is 16.8. The Kier molecular flexibility index (Phi) is 4.49. The number of aryl methyl sites for hydroxylation is 1. The van der Waals surface area contributed by atoms with Crippen molar-refractivity contribution < 1.29 is 23.1 Å². The molecule has 126 valence electrons. The minimum Gasteiger partial charge on any atom is -0.478 e. The van der Waals surface area contributed by atoms with E-state index in [1.165, 1.54) is 12.1 Å². The van der Waals surface area contributed by atoms with Crippen LogP contribution in [0.3, 0.4) is 0 Å². The van der Waals surface area contributed by atoms with Gasteiger partial charge in [0.2, 0.25) is 0 Å². The van der Waals surface area contributed by atoms with E-state index in [1.807, 2.05) is 0 Å². The quantitative estimate of drug-likeness (QED) is 0.665. The van der Waals surface area contributed by atoms with Gasteiger partial charge in [0, 0.05) is 17.0 Å². The Morgan fingerprint density at radius 3 is 2.50 bits per heavy atom. The molecule has 0 fully saturated rings. The number of nitrogens with zero attached hydrogens (tertiary/aromatic N) is 2. The van der Waals surface area contributed by atoms with Crippen LogP contribution in [0.15, 0.2) is 29.4 Å². The summed E-state index contributed by atoms with van der Waals surface area (Å²) in [5.74, 6) is -0.651. The summed E-state index contributed by atoms with van der Waals surface area (Å²) in [6.45, 7) is 0. The third-order valence-corrected chi connectivity index (χ3v) is 4.67. The van der Waals surface area contributed by atoms with Gasteiger partial charge in [-0.05, 0) is 37.0 Å². The van der Waals surface area contributed by atoms with E-state index in [4.69, 9.17) is 5.11 Å². The first-order valence-electron chi connectivity index (χ1n) is 7.26. The molecule has 0 amide bonds. The first-order chi connectivity index (χ1) is 11.3. The highest BCUT2D eigenvalue weighted by Crippen LogP contribution is 2.36. The molecule has 0 spiro atoms. The third-order valence-electron chi connectivity index (χ3n) is 3.75. The number of hydrogen-bond donors (Lipinski definition) is 1. The van der Waals surface area contributed by atoms with Gasteiger partial charge in [0.25, 0.3) is 0 Å². The number of rotatable bonds is 4. The maximum Gasteiger partial charge on any atom is 0.433 e. The molecule has 0 saturated heterocycles. The summed E-state index contributed by atoms with van der Waals surface area (Å²) < 4.78 is 39.5. The Labute approximate surface area is 140 Å². The molecular weight excluding hydrogens is 341 g/mol. The van der Waals surface area contributed by atoms with Crippen molar-refractivity contribution in [3.8, 4) is 0 Å². The Bertz CT molecular complexity index is 776. The molecule has 1 aliphatic rings. The number of carbonyl (C=O) groups is 1. The van der Waals surface area contributed by atoms with Crippen LogP contribution in [0.2, 0.25) is 0 Å². The van der Waals surface area contributed by atoms with E-state index in [-0.39, 0.29) is 16.3 Å². The van der Waals surface area contributed by atoms with Crippen LogP contribution in [0.5, 0.6) is 0 Å². The maximum absolute atomic E-state index is 13.2. The Hall–Kier alpha value is -2.09. The minimum atomic E-state index is -4.48. The SMILES string of the molecule is O=C(O)c1ccc(CSc2nc3c(c(C(F)(F)F)n2)CCC3)cc1. The van der Waals surface area contributed by atoms with Crippen LogP contribution in [0.1, 0.15) is 39.3 Å². The van der Waals surface area contributed by atoms with Gasteiger partial charge >= 0.3 is 12.1 Å². The van der Waals surface area contributed by atoms with Gasteiger partial charge in [-0.1, -0.05) is 23.9 Å². The number of fused-ring (bicyclic) bond motifs is 1. The van der Waals surface area contributed by atoms with Gasteiger partial charge in [0.1, 0.15) is 0 Å². The molecular formula is C16H13F3N2O2S. The number of benzene rings is 1. The van der Waals surface area contributed by atoms with Crippen molar-refractivity contribution >= 4 is 17.7 Å². The zero-order valence-electron chi connectivity index (χ0n) is 12.4. The topological polar surface area (TPSA) is 63.1 Å². The predicted molar refractivity (Wildman–Crippen MR) is 82.0 cm³/mol. The molecule has 0 atom stereocenters. The molecule has 0 aliphatic heterocycles. The summed E-state index contributed by atoms with van der Waals surface area (Å²) in [5.41, 5.74) is 0.840.